The predicted octanol–water partition coefficient (Wildman–Crippen LogP) is 0.532. The third-order valence-electron chi connectivity index (χ3n) is 3.14. The van der Waals surface area contributed by atoms with Gasteiger partial charge in [0.1, 0.15) is 0 Å². The number of carbonyl (C=O) groups is 3. The molecular weight excluding hydrogens is 236 g/mol. The van der Waals surface area contributed by atoms with E-state index >= 15 is 0 Å². The van der Waals surface area contributed by atoms with Crippen LogP contribution in [0.3, 0.4) is 0 Å². The largest absolute Gasteiger partial charge is 0.466 e. The normalized spacial score (nSPS) is 21.9. The molecule has 94 valence electrons. The van der Waals surface area contributed by atoms with Crippen molar-refractivity contribution in [1.29, 1.82) is 0 Å². The Bertz CT molecular complexity index is 561. The van der Waals surface area contributed by atoms with Crippen LogP contribution >= 0.6 is 0 Å². The van der Waals surface area contributed by atoms with Crippen LogP contribution in [0.4, 0.5) is 0 Å². The van der Waals surface area contributed by atoms with E-state index in [1.54, 1.807) is 12.1 Å². The number of hydrogen-bond acceptors (Lipinski definition) is 5. The zero-order chi connectivity index (χ0) is 13.5. The molecule has 1 aromatic carbocycles. The van der Waals surface area contributed by atoms with Gasteiger partial charge in [0.2, 0.25) is 11.6 Å². The number of ether oxygens (including phenoxy) is 1. The average Bonchev–Trinajstić information content (AvgIpc) is 2.61. The second kappa shape index (κ2) is 4.03. The van der Waals surface area contributed by atoms with Gasteiger partial charge in [-0.15, -0.1) is 0 Å². The Morgan fingerprint density at radius 2 is 2.00 bits per heavy atom. The summed E-state index contributed by atoms with van der Waals surface area (Å²) in [5, 5.41) is 10.1. The summed E-state index contributed by atoms with van der Waals surface area (Å²) in [6, 6.07) is 4.73. The summed E-state index contributed by atoms with van der Waals surface area (Å²) in [6.45, 7) is 1.82. The molecule has 1 aliphatic rings. The minimum absolute atomic E-state index is 0.0762. The van der Waals surface area contributed by atoms with E-state index in [2.05, 4.69) is 4.74 Å². The topological polar surface area (TPSA) is 80.7 Å². The lowest BCUT2D eigenvalue weighted by Gasteiger charge is -2.15. The fraction of sp³-hybridized carbons (Fsp3) is 0.308. The Morgan fingerprint density at radius 1 is 1.33 bits per heavy atom. The van der Waals surface area contributed by atoms with Gasteiger partial charge in [0.05, 0.1) is 7.11 Å². The number of methoxy groups -OCH3 is 1. The maximum absolute atomic E-state index is 12.1. The monoisotopic (exact) mass is 248 g/mol. The van der Waals surface area contributed by atoms with Gasteiger partial charge < -0.3 is 9.84 Å². The highest BCUT2D eigenvalue weighted by Crippen LogP contribution is 2.33. The molecule has 2 rings (SSSR count). The van der Waals surface area contributed by atoms with Crippen LogP contribution in [0.2, 0.25) is 0 Å². The summed E-state index contributed by atoms with van der Waals surface area (Å²) in [4.78, 5) is 35.7. The first-order chi connectivity index (χ1) is 8.48. The number of aliphatic hydroxyl groups is 1. The highest BCUT2D eigenvalue weighted by molar-refractivity contribution is 6.41. The standard InChI is InChI=1S/C13H12O5/c1-3-7-5-4-6-8-9(7)11(15)13(17,10(8)14)12(16)18-2/h4-6,17H,3H2,1-2H3. The smallest absolute Gasteiger partial charge is 0.354 e. The Hall–Kier alpha value is -2.01. The molecule has 0 saturated carbocycles. The van der Waals surface area contributed by atoms with E-state index in [1.165, 1.54) is 6.07 Å². The van der Waals surface area contributed by atoms with Crippen molar-refractivity contribution in [2.75, 3.05) is 7.11 Å². The lowest BCUT2D eigenvalue weighted by molar-refractivity contribution is -0.152. The van der Waals surface area contributed by atoms with E-state index < -0.39 is 23.1 Å². The second-order valence-corrected chi connectivity index (χ2v) is 4.05. The van der Waals surface area contributed by atoms with Crippen LogP contribution in [0.1, 0.15) is 33.2 Å². The van der Waals surface area contributed by atoms with Crippen molar-refractivity contribution < 1.29 is 24.2 Å². The third kappa shape index (κ3) is 1.34. The van der Waals surface area contributed by atoms with Crippen LogP contribution in [-0.4, -0.2) is 35.4 Å². The minimum atomic E-state index is -2.72. The fourth-order valence-electron chi connectivity index (χ4n) is 2.16. The van der Waals surface area contributed by atoms with Crippen molar-refractivity contribution in [3.63, 3.8) is 0 Å². The van der Waals surface area contributed by atoms with Gasteiger partial charge in [-0.1, -0.05) is 25.1 Å². The maximum Gasteiger partial charge on any atom is 0.354 e. The highest BCUT2D eigenvalue weighted by atomic mass is 16.5. The second-order valence-electron chi connectivity index (χ2n) is 4.05. The number of ketones is 2. The molecule has 5 nitrogen and oxygen atoms in total. The summed E-state index contributed by atoms with van der Waals surface area (Å²) >= 11 is 0. The number of benzene rings is 1. The Kier molecular flexibility index (Phi) is 2.78. The van der Waals surface area contributed by atoms with Crippen molar-refractivity contribution in [1.82, 2.24) is 0 Å². The van der Waals surface area contributed by atoms with Gasteiger partial charge in [0.25, 0.3) is 5.60 Å². The number of Topliss-reactive ketones (excluding diaryl/α,β-unsaturated/α-hetero) is 2. The first kappa shape index (κ1) is 12.4. The Labute approximate surface area is 103 Å². The average molecular weight is 248 g/mol. The summed E-state index contributed by atoms with van der Waals surface area (Å²) in [6.07, 6.45) is 0.527. The number of esters is 1. The molecule has 1 unspecified atom stereocenters. The number of aryl methyl sites for hydroxylation is 1. The molecule has 0 spiro atoms. The molecule has 1 aliphatic carbocycles. The molecule has 18 heavy (non-hydrogen) atoms. The SMILES string of the molecule is CCc1cccc2c1C(=O)C(O)(C(=O)OC)C2=O. The van der Waals surface area contributed by atoms with Gasteiger partial charge in [0.15, 0.2) is 0 Å². The zero-order valence-electron chi connectivity index (χ0n) is 10.0. The third-order valence-corrected chi connectivity index (χ3v) is 3.14. The van der Waals surface area contributed by atoms with Crippen molar-refractivity contribution >= 4 is 17.5 Å². The van der Waals surface area contributed by atoms with Gasteiger partial charge >= 0.3 is 5.97 Å². The van der Waals surface area contributed by atoms with Crippen LogP contribution in [0.15, 0.2) is 18.2 Å². The molecule has 1 N–H and O–H groups in total. The quantitative estimate of drug-likeness (QED) is 0.610. The predicted molar refractivity (Wildman–Crippen MR) is 61.4 cm³/mol. The van der Waals surface area contributed by atoms with Crippen molar-refractivity contribution in [2.24, 2.45) is 0 Å². The minimum Gasteiger partial charge on any atom is -0.466 e. The Balaban J connectivity index is 2.68. The summed E-state index contributed by atoms with van der Waals surface area (Å²) in [5.74, 6) is -3.05. The molecule has 5 heteroatoms. The zero-order valence-corrected chi connectivity index (χ0v) is 10.0. The number of fused-ring (bicyclic) bond motifs is 1. The molecule has 0 saturated heterocycles. The van der Waals surface area contributed by atoms with Crippen LogP contribution in [0.5, 0.6) is 0 Å². The molecule has 0 bridgehead atoms. The molecule has 1 atom stereocenters. The van der Waals surface area contributed by atoms with E-state index in [4.69, 9.17) is 0 Å². The fourth-order valence-corrected chi connectivity index (χ4v) is 2.16. The molecule has 0 heterocycles. The number of rotatable bonds is 2. The molecule has 0 aromatic heterocycles. The lowest BCUT2D eigenvalue weighted by Crippen LogP contribution is -2.49. The van der Waals surface area contributed by atoms with Gasteiger partial charge in [0, 0.05) is 11.1 Å². The van der Waals surface area contributed by atoms with Crippen LogP contribution in [0, 0.1) is 0 Å². The number of carbonyl (C=O) groups excluding carboxylic acids is 3. The van der Waals surface area contributed by atoms with Gasteiger partial charge in [-0.3, -0.25) is 9.59 Å². The first-order valence-corrected chi connectivity index (χ1v) is 5.50. The van der Waals surface area contributed by atoms with E-state index in [0.717, 1.165) is 7.11 Å². The Morgan fingerprint density at radius 3 is 2.56 bits per heavy atom. The van der Waals surface area contributed by atoms with Crippen LogP contribution in [-0.2, 0) is 16.0 Å². The van der Waals surface area contributed by atoms with Crippen LogP contribution < -0.4 is 0 Å². The highest BCUT2D eigenvalue weighted by Gasteiger charge is 2.59. The van der Waals surface area contributed by atoms with Crippen molar-refractivity contribution in [3.05, 3.63) is 34.9 Å². The van der Waals surface area contributed by atoms with Gasteiger partial charge in [-0.2, -0.15) is 0 Å². The molecule has 0 radical (unpaired) electrons. The summed E-state index contributed by atoms with van der Waals surface area (Å²) in [7, 11) is 1.02. The molecule has 0 aliphatic heterocycles. The maximum atomic E-state index is 12.1. The molecular formula is C13H12O5. The molecule has 0 fully saturated rings. The van der Waals surface area contributed by atoms with Crippen molar-refractivity contribution in [3.8, 4) is 0 Å². The van der Waals surface area contributed by atoms with E-state index in [0.29, 0.717) is 12.0 Å². The summed E-state index contributed by atoms with van der Waals surface area (Å²) in [5.41, 5.74) is -1.89. The van der Waals surface area contributed by atoms with E-state index in [1.807, 2.05) is 6.92 Å². The van der Waals surface area contributed by atoms with Crippen LogP contribution in [0.25, 0.3) is 0 Å². The molecule has 0 amide bonds. The van der Waals surface area contributed by atoms with E-state index in [9.17, 15) is 19.5 Å². The van der Waals surface area contributed by atoms with Gasteiger partial charge in [-0.25, -0.2) is 4.79 Å². The molecule has 1 aromatic rings. The van der Waals surface area contributed by atoms with Crippen molar-refractivity contribution in [2.45, 2.75) is 18.9 Å². The lowest BCUT2D eigenvalue weighted by atomic mass is 9.97. The van der Waals surface area contributed by atoms with Gasteiger partial charge in [-0.05, 0) is 12.0 Å². The summed E-state index contributed by atoms with van der Waals surface area (Å²) < 4.78 is 4.35. The number of hydrogen-bond donors (Lipinski definition) is 1. The first-order valence-electron chi connectivity index (χ1n) is 5.50. The van der Waals surface area contributed by atoms with E-state index in [-0.39, 0.29) is 11.1 Å².